The van der Waals surface area contributed by atoms with E-state index in [1.54, 1.807) is 0 Å². The summed E-state index contributed by atoms with van der Waals surface area (Å²) < 4.78 is 0. The fourth-order valence-electron chi connectivity index (χ4n) is 9.03. The molecular formula is C29H43NO. The van der Waals surface area contributed by atoms with Crippen molar-refractivity contribution in [3.63, 3.8) is 0 Å². The van der Waals surface area contributed by atoms with Crippen molar-refractivity contribution in [2.75, 3.05) is 19.0 Å². The van der Waals surface area contributed by atoms with Crippen LogP contribution in [0.15, 0.2) is 24.3 Å². The van der Waals surface area contributed by atoms with Crippen LogP contribution in [0.1, 0.15) is 88.9 Å². The van der Waals surface area contributed by atoms with Crippen LogP contribution in [-0.2, 0) is 0 Å². The van der Waals surface area contributed by atoms with E-state index >= 15 is 0 Å². The molecule has 0 radical (unpaired) electrons. The zero-order valence-electron chi connectivity index (χ0n) is 20.5. The molecule has 2 nitrogen and oxygen atoms in total. The number of hydrogen-bond acceptors (Lipinski definition) is 2. The number of fused-ring (bicyclic) bond motifs is 5. The number of hydrogen-bond donors (Lipinski definition) is 0. The molecule has 4 aliphatic carbocycles. The molecular weight excluding hydrogens is 378 g/mol. The van der Waals surface area contributed by atoms with Crippen molar-refractivity contribution in [1.82, 2.24) is 0 Å². The van der Waals surface area contributed by atoms with E-state index in [9.17, 15) is 4.79 Å². The maximum atomic E-state index is 13.7. The molecule has 1 aromatic carbocycles. The van der Waals surface area contributed by atoms with Crippen LogP contribution in [0.3, 0.4) is 0 Å². The van der Waals surface area contributed by atoms with Gasteiger partial charge in [-0.2, -0.15) is 0 Å². The lowest BCUT2D eigenvalue weighted by molar-refractivity contribution is -0.114. The standard InChI is InChI=1S/C29H43NO/c1-19-14-16-28(2)21(18-19)8-11-23-24-12-13-26(29(24,3)17-15-25(23)28)27(31)20-6-9-22(10-7-20)30(4)5/h6-7,9-10,19,21,23-26H,8,11-18H2,1-5H3. The number of carbonyl (C=O) groups excluding carboxylic acids is 1. The van der Waals surface area contributed by atoms with Crippen LogP contribution in [0.5, 0.6) is 0 Å². The van der Waals surface area contributed by atoms with Crippen molar-refractivity contribution in [1.29, 1.82) is 0 Å². The Hall–Kier alpha value is -1.31. The molecule has 1 aromatic rings. The van der Waals surface area contributed by atoms with E-state index in [0.29, 0.717) is 11.2 Å². The van der Waals surface area contributed by atoms with E-state index in [4.69, 9.17) is 0 Å². The molecule has 0 saturated heterocycles. The van der Waals surface area contributed by atoms with Crippen molar-refractivity contribution in [3.8, 4) is 0 Å². The van der Waals surface area contributed by atoms with Crippen LogP contribution in [0.4, 0.5) is 5.69 Å². The normalized spacial score (nSPS) is 44.2. The quantitative estimate of drug-likeness (QED) is 0.480. The first-order valence-corrected chi connectivity index (χ1v) is 13.1. The van der Waals surface area contributed by atoms with Gasteiger partial charge in [-0.3, -0.25) is 4.79 Å². The second-order valence-electron chi connectivity index (χ2n) is 12.5. The van der Waals surface area contributed by atoms with E-state index < -0.39 is 0 Å². The van der Waals surface area contributed by atoms with E-state index in [0.717, 1.165) is 41.6 Å². The summed E-state index contributed by atoms with van der Waals surface area (Å²) in [5, 5.41) is 0. The van der Waals surface area contributed by atoms with Gasteiger partial charge in [0.15, 0.2) is 5.78 Å². The third-order valence-electron chi connectivity index (χ3n) is 10.9. The number of Topliss-reactive ketones (excluding diaryl/α,β-unsaturated/α-hetero) is 1. The molecule has 0 bridgehead atoms. The van der Waals surface area contributed by atoms with Gasteiger partial charge in [0, 0.05) is 31.3 Å². The summed E-state index contributed by atoms with van der Waals surface area (Å²) in [4.78, 5) is 15.8. The maximum Gasteiger partial charge on any atom is 0.166 e. The molecule has 8 atom stereocenters. The second-order valence-corrected chi connectivity index (χ2v) is 12.5. The minimum Gasteiger partial charge on any atom is -0.378 e. The van der Waals surface area contributed by atoms with Gasteiger partial charge in [0.2, 0.25) is 0 Å². The zero-order valence-corrected chi connectivity index (χ0v) is 20.5. The summed E-state index contributed by atoms with van der Waals surface area (Å²) >= 11 is 0. The van der Waals surface area contributed by atoms with Crippen molar-refractivity contribution >= 4 is 11.5 Å². The molecule has 0 heterocycles. The van der Waals surface area contributed by atoms with Crippen LogP contribution < -0.4 is 4.90 Å². The summed E-state index contributed by atoms with van der Waals surface area (Å²) in [5.41, 5.74) is 2.88. The number of benzene rings is 1. The van der Waals surface area contributed by atoms with Gasteiger partial charge in [-0.15, -0.1) is 0 Å². The van der Waals surface area contributed by atoms with E-state index in [1.165, 1.54) is 57.1 Å². The Labute approximate surface area is 190 Å². The molecule has 31 heavy (non-hydrogen) atoms. The summed E-state index contributed by atoms with van der Waals surface area (Å²) in [6.45, 7) is 7.63. The molecule has 2 heteroatoms. The molecule has 0 amide bonds. The van der Waals surface area contributed by atoms with Crippen LogP contribution in [-0.4, -0.2) is 19.9 Å². The average molecular weight is 422 g/mol. The van der Waals surface area contributed by atoms with Crippen molar-refractivity contribution < 1.29 is 4.79 Å². The van der Waals surface area contributed by atoms with Gasteiger partial charge in [-0.05, 0) is 116 Å². The molecule has 8 unspecified atom stereocenters. The Morgan fingerprint density at radius 2 is 1.55 bits per heavy atom. The lowest BCUT2D eigenvalue weighted by atomic mass is 9.44. The first-order valence-electron chi connectivity index (χ1n) is 13.1. The molecule has 0 aliphatic heterocycles. The lowest BCUT2D eigenvalue weighted by Crippen LogP contribution is -2.53. The van der Waals surface area contributed by atoms with Gasteiger partial charge in [-0.1, -0.05) is 27.2 Å². The van der Waals surface area contributed by atoms with Crippen LogP contribution in [0.2, 0.25) is 0 Å². The fraction of sp³-hybridized carbons (Fsp3) is 0.759. The number of carbonyl (C=O) groups is 1. The fourth-order valence-corrected chi connectivity index (χ4v) is 9.03. The number of nitrogens with zero attached hydrogens (tertiary/aromatic N) is 1. The summed E-state index contributed by atoms with van der Waals surface area (Å²) in [7, 11) is 4.11. The van der Waals surface area contributed by atoms with Crippen LogP contribution in [0, 0.1) is 46.3 Å². The Kier molecular flexibility index (Phi) is 5.30. The zero-order chi connectivity index (χ0) is 22.0. The summed E-state index contributed by atoms with van der Waals surface area (Å²) in [5.74, 6) is 5.05. The third-order valence-corrected chi connectivity index (χ3v) is 10.9. The Morgan fingerprint density at radius 3 is 2.26 bits per heavy atom. The van der Waals surface area contributed by atoms with Gasteiger partial charge >= 0.3 is 0 Å². The van der Waals surface area contributed by atoms with Crippen molar-refractivity contribution in [2.24, 2.45) is 46.3 Å². The predicted octanol–water partition coefficient (Wildman–Crippen LogP) is 7.23. The summed E-state index contributed by atoms with van der Waals surface area (Å²) in [6, 6.07) is 8.33. The Morgan fingerprint density at radius 1 is 0.871 bits per heavy atom. The molecule has 170 valence electrons. The van der Waals surface area contributed by atoms with E-state index in [-0.39, 0.29) is 11.3 Å². The molecule has 0 N–H and O–H groups in total. The largest absolute Gasteiger partial charge is 0.378 e. The van der Waals surface area contributed by atoms with E-state index in [2.05, 4.69) is 64.0 Å². The molecule has 0 aromatic heterocycles. The summed E-state index contributed by atoms with van der Waals surface area (Å²) in [6.07, 6.45) is 12.2. The number of anilines is 1. The average Bonchev–Trinajstić information content (AvgIpc) is 3.11. The van der Waals surface area contributed by atoms with Crippen molar-refractivity contribution in [2.45, 2.75) is 78.6 Å². The molecule has 5 rings (SSSR count). The monoisotopic (exact) mass is 421 g/mol. The van der Waals surface area contributed by atoms with Crippen LogP contribution in [0.25, 0.3) is 0 Å². The predicted molar refractivity (Wildman–Crippen MR) is 129 cm³/mol. The van der Waals surface area contributed by atoms with Crippen LogP contribution >= 0.6 is 0 Å². The van der Waals surface area contributed by atoms with Gasteiger partial charge in [0.1, 0.15) is 0 Å². The first kappa shape index (κ1) is 21.5. The topological polar surface area (TPSA) is 20.3 Å². The van der Waals surface area contributed by atoms with Crippen molar-refractivity contribution in [3.05, 3.63) is 29.8 Å². The smallest absolute Gasteiger partial charge is 0.166 e. The van der Waals surface area contributed by atoms with E-state index in [1.807, 2.05) is 0 Å². The molecule has 0 spiro atoms. The van der Waals surface area contributed by atoms with Gasteiger partial charge in [0.25, 0.3) is 0 Å². The highest BCUT2D eigenvalue weighted by molar-refractivity contribution is 5.98. The molecule has 4 fully saturated rings. The lowest BCUT2D eigenvalue weighted by Gasteiger charge is -2.61. The van der Waals surface area contributed by atoms with Gasteiger partial charge < -0.3 is 4.90 Å². The SMILES string of the molecule is CC1CCC2(C)C(CCC3C2CCC2(C)C(C(=O)c4ccc(N(C)C)cc4)CCC32)C1. The minimum atomic E-state index is 0.212. The third kappa shape index (κ3) is 3.30. The molecule has 4 aliphatic rings. The first-order chi connectivity index (χ1) is 14.7. The Bertz CT molecular complexity index is 828. The highest BCUT2D eigenvalue weighted by atomic mass is 16.1. The van der Waals surface area contributed by atoms with Gasteiger partial charge in [0.05, 0.1) is 0 Å². The number of rotatable bonds is 3. The second kappa shape index (κ2) is 7.63. The minimum absolute atomic E-state index is 0.212. The number of ketones is 1. The van der Waals surface area contributed by atoms with Gasteiger partial charge in [-0.25, -0.2) is 0 Å². The molecule has 4 saturated carbocycles. The highest BCUT2D eigenvalue weighted by Gasteiger charge is 2.61. The highest BCUT2D eigenvalue weighted by Crippen LogP contribution is 2.68. The Balaban J connectivity index is 1.37. The maximum absolute atomic E-state index is 13.7.